The highest BCUT2D eigenvalue weighted by atomic mass is 16.6. The summed E-state index contributed by atoms with van der Waals surface area (Å²) in [6, 6.07) is 0. The molecule has 0 aromatic heterocycles. The second-order valence-electron chi connectivity index (χ2n) is 6.31. The maximum atomic E-state index is 11.3. The summed E-state index contributed by atoms with van der Waals surface area (Å²) < 4.78 is 4.53. The molecule has 0 bridgehead atoms. The maximum Gasteiger partial charge on any atom is 0.317 e. The number of allylic oxidation sites excluding steroid dienone is 2. The Morgan fingerprint density at radius 2 is 1.89 bits per heavy atom. The molecule has 1 aliphatic heterocycles. The Morgan fingerprint density at radius 1 is 1.21 bits per heavy atom. The third-order valence-corrected chi connectivity index (χ3v) is 3.49. The van der Waals surface area contributed by atoms with E-state index in [1.807, 2.05) is 6.08 Å². The van der Waals surface area contributed by atoms with Crippen LogP contribution in [0.2, 0.25) is 0 Å². The summed E-state index contributed by atoms with van der Waals surface area (Å²) in [6.07, 6.45) is 7.46. The average Bonchev–Trinajstić information content (AvgIpc) is 2.55. The topological polar surface area (TPSA) is 43.4 Å². The van der Waals surface area contributed by atoms with Crippen molar-refractivity contribution in [1.82, 2.24) is 0 Å². The summed E-state index contributed by atoms with van der Waals surface area (Å²) in [5, 5.41) is 0. The molecule has 0 amide bonds. The Kier molecular flexibility index (Phi) is 6.26. The summed E-state index contributed by atoms with van der Waals surface area (Å²) in [7, 11) is 0. The van der Waals surface area contributed by atoms with E-state index in [0.717, 1.165) is 11.8 Å². The van der Waals surface area contributed by atoms with Gasteiger partial charge in [-0.15, -0.1) is 0 Å². The number of carbonyl (C=O) groups is 2. The highest BCUT2D eigenvalue weighted by Crippen LogP contribution is 2.22. The Labute approximate surface area is 116 Å². The van der Waals surface area contributed by atoms with Crippen molar-refractivity contribution in [1.29, 1.82) is 0 Å². The first-order chi connectivity index (χ1) is 8.88. The van der Waals surface area contributed by atoms with Gasteiger partial charge in [0, 0.05) is 0 Å². The van der Waals surface area contributed by atoms with Gasteiger partial charge >= 0.3 is 11.9 Å². The number of hydrogen-bond acceptors (Lipinski definition) is 3. The van der Waals surface area contributed by atoms with Crippen molar-refractivity contribution >= 4 is 11.9 Å². The van der Waals surface area contributed by atoms with Gasteiger partial charge in [-0.25, -0.2) is 0 Å². The van der Waals surface area contributed by atoms with Crippen LogP contribution in [0.5, 0.6) is 0 Å². The van der Waals surface area contributed by atoms with Crippen LogP contribution in [0, 0.1) is 23.7 Å². The highest BCUT2D eigenvalue weighted by Gasteiger charge is 2.32. The highest BCUT2D eigenvalue weighted by molar-refractivity contribution is 5.94. The van der Waals surface area contributed by atoms with E-state index < -0.39 is 0 Å². The van der Waals surface area contributed by atoms with E-state index in [0.29, 0.717) is 12.3 Å². The number of cyclic esters (lactones) is 2. The zero-order valence-electron chi connectivity index (χ0n) is 12.5. The van der Waals surface area contributed by atoms with Crippen LogP contribution in [0.3, 0.4) is 0 Å². The molecule has 3 unspecified atom stereocenters. The van der Waals surface area contributed by atoms with Crippen molar-refractivity contribution in [2.75, 3.05) is 0 Å². The molecule has 0 saturated carbocycles. The van der Waals surface area contributed by atoms with Crippen LogP contribution in [-0.4, -0.2) is 11.9 Å². The molecule has 0 radical (unpaired) electrons. The molecule has 0 aromatic rings. The molecular weight excluding hydrogens is 240 g/mol. The lowest BCUT2D eigenvalue weighted by atomic mass is 9.90. The molecule has 0 spiro atoms. The van der Waals surface area contributed by atoms with Gasteiger partial charge in [0.25, 0.3) is 0 Å². The van der Waals surface area contributed by atoms with Crippen molar-refractivity contribution < 1.29 is 14.3 Å². The molecule has 3 heteroatoms. The summed E-state index contributed by atoms with van der Waals surface area (Å²) in [5.74, 6) is 0.964. The van der Waals surface area contributed by atoms with E-state index in [4.69, 9.17) is 0 Å². The van der Waals surface area contributed by atoms with Gasteiger partial charge in [-0.1, -0.05) is 39.8 Å². The van der Waals surface area contributed by atoms with Crippen molar-refractivity contribution in [3.05, 3.63) is 12.2 Å². The van der Waals surface area contributed by atoms with Gasteiger partial charge in [-0.3, -0.25) is 9.59 Å². The van der Waals surface area contributed by atoms with Gasteiger partial charge in [0.15, 0.2) is 0 Å². The number of carbonyl (C=O) groups excluding carboxylic acids is 2. The minimum Gasteiger partial charge on any atom is -0.393 e. The predicted octanol–water partition coefficient (Wildman–Crippen LogP) is 3.73. The first kappa shape index (κ1) is 15.9. The minimum atomic E-state index is -0.387. The van der Waals surface area contributed by atoms with Gasteiger partial charge in [-0.2, -0.15) is 0 Å². The fourth-order valence-corrected chi connectivity index (χ4v) is 2.79. The third kappa shape index (κ3) is 6.04. The third-order valence-electron chi connectivity index (χ3n) is 3.49. The van der Waals surface area contributed by atoms with Crippen LogP contribution in [0.25, 0.3) is 0 Å². The van der Waals surface area contributed by atoms with E-state index in [-0.39, 0.29) is 24.3 Å². The Hall–Kier alpha value is -1.12. The van der Waals surface area contributed by atoms with Crippen LogP contribution in [-0.2, 0) is 14.3 Å². The zero-order valence-corrected chi connectivity index (χ0v) is 12.5. The first-order valence-electron chi connectivity index (χ1n) is 7.29. The second kappa shape index (κ2) is 7.46. The van der Waals surface area contributed by atoms with Gasteiger partial charge < -0.3 is 4.74 Å². The maximum absolute atomic E-state index is 11.3. The van der Waals surface area contributed by atoms with E-state index in [2.05, 4.69) is 38.5 Å². The van der Waals surface area contributed by atoms with E-state index in [1.165, 1.54) is 12.8 Å². The second-order valence-corrected chi connectivity index (χ2v) is 6.31. The average molecular weight is 266 g/mol. The largest absolute Gasteiger partial charge is 0.393 e. The standard InChI is InChI=1S/C16H26O3/c1-11(2)8-13(4)9-12(3)6-5-7-14-10-15(17)19-16(14)18/h5-6,11-14H,7-10H2,1-4H3. The number of hydrogen-bond donors (Lipinski definition) is 0. The lowest BCUT2D eigenvalue weighted by Gasteiger charge is -2.16. The fourth-order valence-electron chi connectivity index (χ4n) is 2.79. The smallest absolute Gasteiger partial charge is 0.317 e. The summed E-state index contributed by atoms with van der Waals surface area (Å²) in [6.45, 7) is 8.99. The van der Waals surface area contributed by atoms with Gasteiger partial charge in [0.1, 0.15) is 0 Å². The number of rotatable bonds is 7. The predicted molar refractivity (Wildman–Crippen MR) is 75.4 cm³/mol. The van der Waals surface area contributed by atoms with Crippen LogP contribution in [0.1, 0.15) is 53.4 Å². The minimum absolute atomic E-state index is 0.237. The quantitative estimate of drug-likeness (QED) is 0.400. The van der Waals surface area contributed by atoms with Crippen molar-refractivity contribution in [3.63, 3.8) is 0 Å². The number of ether oxygens (including phenoxy) is 1. The lowest BCUT2D eigenvalue weighted by Crippen LogP contribution is -2.07. The van der Waals surface area contributed by atoms with Gasteiger partial charge in [-0.05, 0) is 37.0 Å². The molecule has 0 aliphatic carbocycles. The zero-order chi connectivity index (χ0) is 14.4. The Balaban J connectivity index is 2.28. The molecule has 1 fully saturated rings. The molecule has 108 valence electrons. The van der Waals surface area contributed by atoms with Crippen LogP contribution in [0.4, 0.5) is 0 Å². The normalized spacial score (nSPS) is 23.1. The Morgan fingerprint density at radius 3 is 2.42 bits per heavy atom. The molecule has 1 aliphatic rings. The summed E-state index contributed by atoms with van der Waals surface area (Å²) >= 11 is 0. The van der Waals surface area contributed by atoms with Crippen molar-refractivity contribution in [2.45, 2.75) is 53.4 Å². The van der Waals surface area contributed by atoms with E-state index in [9.17, 15) is 9.59 Å². The molecule has 1 heterocycles. The summed E-state index contributed by atoms with van der Waals surface area (Å²) in [4.78, 5) is 22.2. The molecule has 19 heavy (non-hydrogen) atoms. The SMILES string of the molecule is CC(C)CC(C)CC(C)C=CCC1CC(=O)OC1=O. The molecule has 3 nitrogen and oxygen atoms in total. The van der Waals surface area contributed by atoms with E-state index >= 15 is 0 Å². The lowest BCUT2D eigenvalue weighted by molar-refractivity contribution is -0.153. The molecule has 1 saturated heterocycles. The molecule has 1 rings (SSSR count). The molecule has 3 atom stereocenters. The van der Waals surface area contributed by atoms with Crippen LogP contribution in [0.15, 0.2) is 12.2 Å². The summed E-state index contributed by atoms with van der Waals surface area (Å²) in [5.41, 5.74) is 0. The molecule has 0 N–H and O–H groups in total. The molecular formula is C16H26O3. The van der Waals surface area contributed by atoms with Crippen molar-refractivity contribution in [3.8, 4) is 0 Å². The fraction of sp³-hybridized carbons (Fsp3) is 0.750. The monoisotopic (exact) mass is 266 g/mol. The first-order valence-corrected chi connectivity index (χ1v) is 7.29. The van der Waals surface area contributed by atoms with E-state index in [1.54, 1.807) is 0 Å². The van der Waals surface area contributed by atoms with Crippen LogP contribution < -0.4 is 0 Å². The Bertz CT molecular complexity index is 344. The molecule has 0 aromatic carbocycles. The number of esters is 2. The van der Waals surface area contributed by atoms with Crippen molar-refractivity contribution in [2.24, 2.45) is 23.7 Å². The van der Waals surface area contributed by atoms with Gasteiger partial charge in [0.2, 0.25) is 0 Å². The van der Waals surface area contributed by atoms with Crippen LogP contribution >= 0.6 is 0 Å². The van der Waals surface area contributed by atoms with Gasteiger partial charge in [0.05, 0.1) is 12.3 Å².